The molecule has 4 nitrogen and oxygen atoms in total. The third kappa shape index (κ3) is 5.80. The first-order valence-corrected chi connectivity index (χ1v) is 6.35. The summed E-state index contributed by atoms with van der Waals surface area (Å²) in [5.41, 5.74) is 1.12. The molecule has 0 aliphatic heterocycles. The van der Waals surface area contributed by atoms with Crippen molar-refractivity contribution in [3.8, 4) is 0 Å². The van der Waals surface area contributed by atoms with Crippen LogP contribution in [0.2, 0.25) is 0 Å². The molecule has 1 aromatic rings. The van der Waals surface area contributed by atoms with Crippen LogP contribution in [-0.4, -0.2) is 37.3 Å². The van der Waals surface area contributed by atoms with Gasteiger partial charge >= 0.3 is 0 Å². The van der Waals surface area contributed by atoms with E-state index in [-0.39, 0.29) is 18.6 Å². The van der Waals surface area contributed by atoms with Crippen LogP contribution in [0.3, 0.4) is 0 Å². The van der Waals surface area contributed by atoms with E-state index in [4.69, 9.17) is 0 Å². The second kappa shape index (κ2) is 8.66. The standard InChI is InChI=1S/C14H22N2O2/c1-15-9-5-8-14(18)16-13(11-17)10-12-6-3-2-4-7-12/h2-4,6-7,13,15,17H,5,8-11H2,1H3,(H,16,18)/t13-/m0/s1. The van der Waals surface area contributed by atoms with Crippen LogP contribution < -0.4 is 10.6 Å². The monoisotopic (exact) mass is 250 g/mol. The van der Waals surface area contributed by atoms with Crippen molar-refractivity contribution >= 4 is 5.91 Å². The Hall–Kier alpha value is -1.39. The van der Waals surface area contributed by atoms with Gasteiger partial charge in [0.25, 0.3) is 0 Å². The smallest absolute Gasteiger partial charge is 0.220 e. The van der Waals surface area contributed by atoms with Gasteiger partial charge in [0.05, 0.1) is 12.6 Å². The maximum atomic E-state index is 11.6. The minimum atomic E-state index is -0.200. The molecule has 1 aromatic carbocycles. The third-order valence-electron chi connectivity index (χ3n) is 2.74. The van der Waals surface area contributed by atoms with Crippen LogP contribution in [0, 0.1) is 0 Å². The van der Waals surface area contributed by atoms with Crippen molar-refractivity contribution in [3.05, 3.63) is 35.9 Å². The van der Waals surface area contributed by atoms with E-state index in [0.717, 1.165) is 18.5 Å². The molecule has 0 saturated carbocycles. The summed E-state index contributed by atoms with van der Waals surface area (Å²) in [4.78, 5) is 11.6. The number of hydrogen-bond donors (Lipinski definition) is 3. The molecule has 0 saturated heterocycles. The molecule has 0 bridgehead atoms. The molecule has 1 amide bonds. The van der Waals surface area contributed by atoms with Gasteiger partial charge in [-0.05, 0) is 32.0 Å². The lowest BCUT2D eigenvalue weighted by Crippen LogP contribution is -2.39. The van der Waals surface area contributed by atoms with Crippen LogP contribution in [0.5, 0.6) is 0 Å². The van der Waals surface area contributed by atoms with E-state index in [0.29, 0.717) is 12.8 Å². The SMILES string of the molecule is CNCCCC(=O)N[C@H](CO)Cc1ccccc1. The van der Waals surface area contributed by atoms with Gasteiger partial charge in [-0.3, -0.25) is 4.79 Å². The molecular formula is C14H22N2O2. The van der Waals surface area contributed by atoms with Crippen LogP contribution in [0.15, 0.2) is 30.3 Å². The average molecular weight is 250 g/mol. The minimum Gasteiger partial charge on any atom is -0.394 e. The van der Waals surface area contributed by atoms with Gasteiger partial charge in [0, 0.05) is 6.42 Å². The number of carbonyl (C=O) groups excluding carboxylic acids is 1. The zero-order chi connectivity index (χ0) is 13.2. The molecule has 0 spiro atoms. The summed E-state index contributed by atoms with van der Waals surface area (Å²) >= 11 is 0. The summed E-state index contributed by atoms with van der Waals surface area (Å²) in [6.45, 7) is 0.794. The number of rotatable bonds is 8. The van der Waals surface area contributed by atoms with E-state index < -0.39 is 0 Å². The average Bonchev–Trinajstić information content (AvgIpc) is 2.39. The van der Waals surface area contributed by atoms with Gasteiger partial charge in [0.2, 0.25) is 5.91 Å². The van der Waals surface area contributed by atoms with Crippen molar-refractivity contribution in [2.75, 3.05) is 20.2 Å². The normalized spacial score (nSPS) is 12.1. The first-order valence-electron chi connectivity index (χ1n) is 6.35. The largest absolute Gasteiger partial charge is 0.394 e. The highest BCUT2D eigenvalue weighted by atomic mass is 16.3. The lowest BCUT2D eigenvalue weighted by molar-refractivity contribution is -0.122. The number of nitrogens with one attached hydrogen (secondary N) is 2. The number of carbonyl (C=O) groups is 1. The van der Waals surface area contributed by atoms with E-state index in [2.05, 4.69) is 10.6 Å². The Labute approximate surface area is 108 Å². The fraction of sp³-hybridized carbons (Fsp3) is 0.500. The summed E-state index contributed by atoms with van der Waals surface area (Å²) in [6.07, 6.45) is 1.97. The maximum Gasteiger partial charge on any atom is 0.220 e. The third-order valence-corrected chi connectivity index (χ3v) is 2.74. The minimum absolute atomic E-state index is 0.000214. The summed E-state index contributed by atoms with van der Waals surface area (Å²) in [5, 5.41) is 15.1. The Morgan fingerprint density at radius 2 is 2.06 bits per heavy atom. The number of amides is 1. The Balaban J connectivity index is 2.35. The number of aliphatic hydroxyl groups is 1. The van der Waals surface area contributed by atoms with Crippen LogP contribution in [-0.2, 0) is 11.2 Å². The fourth-order valence-electron chi connectivity index (χ4n) is 1.79. The van der Waals surface area contributed by atoms with Crippen molar-refractivity contribution < 1.29 is 9.90 Å². The Kier molecular flexibility index (Phi) is 7.06. The van der Waals surface area contributed by atoms with Crippen molar-refractivity contribution in [2.24, 2.45) is 0 Å². The Morgan fingerprint density at radius 3 is 2.67 bits per heavy atom. The molecule has 1 rings (SSSR count). The Morgan fingerprint density at radius 1 is 1.33 bits per heavy atom. The molecule has 0 heterocycles. The van der Waals surface area contributed by atoms with Crippen molar-refractivity contribution in [1.29, 1.82) is 0 Å². The van der Waals surface area contributed by atoms with E-state index in [1.54, 1.807) is 0 Å². The van der Waals surface area contributed by atoms with Crippen LogP contribution in [0.1, 0.15) is 18.4 Å². The molecule has 18 heavy (non-hydrogen) atoms. The summed E-state index contributed by atoms with van der Waals surface area (Å²) in [6, 6.07) is 9.66. The fourth-order valence-corrected chi connectivity index (χ4v) is 1.79. The number of aliphatic hydroxyl groups excluding tert-OH is 1. The van der Waals surface area contributed by atoms with Crippen LogP contribution >= 0.6 is 0 Å². The molecule has 0 fully saturated rings. The predicted octanol–water partition coefficient (Wildman–Crippen LogP) is 0.706. The molecule has 4 heteroatoms. The first-order chi connectivity index (χ1) is 8.76. The number of benzene rings is 1. The number of hydrogen-bond acceptors (Lipinski definition) is 3. The molecule has 0 unspecified atom stereocenters. The quantitative estimate of drug-likeness (QED) is 0.595. The van der Waals surface area contributed by atoms with Gasteiger partial charge in [-0.25, -0.2) is 0 Å². The first kappa shape index (κ1) is 14.7. The molecule has 0 aromatic heterocycles. The van der Waals surface area contributed by atoms with E-state index in [1.807, 2.05) is 37.4 Å². The van der Waals surface area contributed by atoms with Gasteiger partial charge in [-0.15, -0.1) is 0 Å². The van der Waals surface area contributed by atoms with Gasteiger partial charge in [-0.2, -0.15) is 0 Å². The zero-order valence-electron chi connectivity index (χ0n) is 10.9. The highest BCUT2D eigenvalue weighted by Gasteiger charge is 2.11. The van der Waals surface area contributed by atoms with Crippen LogP contribution in [0.4, 0.5) is 0 Å². The molecule has 0 radical (unpaired) electrons. The van der Waals surface area contributed by atoms with Gasteiger partial charge in [-0.1, -0.05) is 30.3 Å². The maximum absolute atomic E-state index is 11.6. The summed E-state index contributed by atoms with van der Waals surface area (Å²) in [5.74, 6) is 0.000214. The van der Waals surface area contributed by atoms with Crippen LogP contribution in [0.25, 0.3) is 0 Å². The highest BCUT2D eigenvalue weighted by molar-refractivity contribution is 5.76. The molecule has 1 atom stereocenters. The molecule has 0 aliphatic carbocycles. The van der Waals surface area contributed by atoms with E-state index >= 15 is 0 Å². The predicted molar refractivity (Wildman–Crippen MR) is 72.3 cm³/mol. The van der Waals surface area contributed by atoms with Crippen molar-refractivity contribution in [2.45, 2.75) is 25.3 Å². The van der Waals surface area contributed by atoms with Gasteiger partial charge < -0.3 is 15.7 Å². The lowest BCUT2D eigenvalue weighted by atomic mass is 10.1. The van der Waals surface area contributed by atoms with Crippen molar-refractivity contribution in [3.63, 3.8) is 0 Å². The highest BCUT2D eigenvalue weighted by Crippen LogP contribution is 2.03. The second-order valence-corrected chi connectivity index (χ2v) is 4.34. The topological polar surface area (TPSA) is 61.4 Å². The van der Waals surface area contributed by atoms with Gasteiger partial charge in [0.1, 0.15) is 0 Å². The lowest BCUT2D eigenvalue weighted by Gasteiger charge is -2.16. The zero-order valence-corrected chi connectivity index (χ0v) is 10.9. The summed E-state index contributed by atoms with van der Waals surface area (Å²) in [7, 11) is 1.86. The molecule has 3 N–H and O–H groups in total. The Bertz CT molecular complexity index is 341. The molecule has 100 valence electrons. The second-order valence-electron chi connectivity index (χ2n) is 4.34. The molecular weight excluding hydrogens is 228 g/mol. The van der Waals surface area contributed by atoms with Crippen molar-refractivity contribution in [1.82, 2.24) is 10.6 Å². The van der Waals surface area contributed by atoms with E-state index in [1.165, 1.54) is 0 Å². The summed E-state index contributed by atoms with van der Waals surface area (Å²) < 4.78 is 0. The van der Waals surface area contributed by atoms with E-state index in [9.17, 15) is 9.90 Å². The van der Waals surface area contributed by atoms with Gasteiger partial charge in [0.15, 0.2) is 0 Å². The molecule has 0 aliphatic rings.